The predicted octanol–water partition coefficient (Wildman–Crippen LogP) is 0.644. The molecule has 0 aliphatic rings. The van der Waals surface area contributed by atoms with Crippen molar-refractivity contribution in [3.63, 3.8) is 0 Å². The molecule has 0 aromatic rings. The molecule has 8 heteroatoms. The Labute approximate surface area is 146 Å². The van der Waals surface area contributed by atoms with Crippen LogP contribution in [0, 0.1) is 0 Å². The summed E-state index contributed by atoms with van der Waals surface area (Å²) in [6, 6.07) is 0. The number of likely N-dealkylation sites (N-methyl/N-ethyl adjacent to an activating group) is 1. The fourth-order valence-corrected chi connectivity index (χ4v) is 1.74. The Morgan fingerprint density at radius 1 is 1.08 bits per heavy atom. The fourth-order valence-electron chi connectivity index (χ4n) is 1.74. The number of hydrogen-bond acceptors (Lipinski definition) is 5. The first-order chi connectivity index (χ1) is 11.3. The molecule has 0 atom stereocenters. The molecule has 1 amide bonds. The van der Waals surface area contributed by atoms with Crippen LogP contribution in [0.3, 0.4) is 0 Å². The van der Waals surface area contributed by atoms with Crippen molar-refractivity contribution in [1.82, 2.24) is 20.9 Å². The Morgan fingerprint density at radius 2 is 1.71 bits per heavy atom. The van der Waals surface area contributed by atoms with Crippen LogP contribution in [-0.2, 0) is 9.47 Å². The predicted molar refractivity (Wildman–Crippen MR) is 97.6 cm³/mol. The van der Waals surface area contributed by atoms with Crippen molar-refractivity contribution in [2.75, 3.05) is 60.5 Å². The number of methoxy groups -OCH3 is 1. The quantitative estimate of drug-likeness (QED) is 0.306. The first-order valence-corrected chi connectivity index (χ1v) is 8.37. The van der Waals surface area contributed by atoms with Gasteiger partial charge in [0, 0.05) is 46.9 Å². The lowest BCUT2D eigenvalue weighted by Crippen LogP contribution is -2.42. The molecule has 0 aromatic heterocycles. The SMILES string of the molecule is CN=C(NCCCNC(=O)OC(C)(C)C)NCCN(C)CCOC. The van der Waals surface area contributed by atoms with Gasteiger partial charge in [-0.3, -0.25) is 4.99 Å². The number of amides is 1. The van der Waals surface area contributed by atoms with Gasteiger partial charge in [0.25, 0.3) is 0 Å². The third kappa shape index (κ3) is 14.1. The van der Waals surface area contributed by atoms with Gasteiger partial charge in [0.2, 0.25) is 0 Å². The van der Waals surface area contributed by atoms with Crippen LogP contribution in [0.5, 0.6) is 0 Å². The molecular formula is C16H35N5O3. The minimum absolute atomic E-state index is 0.385. The van der Waals surface area contributed by atoms with Crippen LogP contribution in [0.4, 0.5) is 4.79 Å². The smallest absolute Gasteiger partial charge is 0.407 e. The van der Waals surface area contributed by atoms with Gasteiger partial charge in [-0.2, -0.15) is 0 Å². The number of carbonyl (C=O) groups is 1. The first-order valence-electron chi connectivity index (χ1n) is 8.37. The molecule has 0 heterocycles. The molecule has 3 N–H and O–H groups in total. The lowest BCUT2D eigenvalue weighted by molar-refractivity contribution is 0.0527. The van der Waals surface area contributed by atoms with E-state index in [0.29, 0.717) is 6.54 Å². The summed E-state index contributed by atoms with van der Waals surface area (Å²) in [7, 11) is 5.50. The largest absolute Gasteiger partial charge is 0.444 e. The highest BCUT2D eigenvalue weighted by Gasteiger charge is 2.15. The molecular weight excluding hydrogens is 310 g/mol. The van der Waals surface area contributed by atoms with Crippen molar-refractivity contribution >= 4 is 12.1 Å². The average molecular weight is 345 g/mol. The van der Waals surface area contributed by atoms with E-state index in [2.05, 4.69) is 32.9 Å². The van der Waals surface area contributed by atoms with Gasteiger partial charge in [-0.05, 0) is 34.2 Å². The van der Waals surface area contributed by atoms with E-state index in [-0.39, 0.29) is 6.09 Å². The Balaban J connectivity index is 3.71. The molecule has 0 aromatic carbocycles. The number of hydrogen-bond donors (Lipinski definition) is 3. The number of rotatable bonds is 10. The molecule has 0 aliphatic carbocycles. The zero-order chi connectivity index (χ0) is 18.4. The first kappa shape index (κ1) is 22.5. The summed E-state index contributed by atoms with van der Waals surface area (Å²) in [5.41, 5.74) is -0.468. The number of ether oxygens (including phenoxy) is 2. The second-order valence-corrected chi connectivity index (χ2v) is 6.50. The zero-order valence-corrected chi connectivity index (χ0v) is 16.1. The van der Waals surface area contributed by atoms with Crippen LogP contribution in [-0.4, -0.2) is 83.1 Å². The van der Waals surface area contributed by atoms with Crippen LogP contribution >= 0.6 is 0 Å². The number of carbonyl (C=O) groups excluding carboxylic acids is 1. The third-order valence-corrected chi connectivity index (χ3v) is 3.00. The zero-order valence-electron chi connectivity index (χ0n) is 16.1. The Hall–Kier alpha value is -1.54. The number of guanidine groups is 1. The summed E-state index contributed by atoms with van der Waals surface area (Å²) in [6.07, 6.45) is 0.400. The fraction of sp³-hybridized carbons (Fsp3) is 0.875. The molecule has 142 valence electrons. The number of nitrogens with one attached hydrogen (secondary N) is 3. The molecule has 0 aliphatic heterocycles. The molecule has 0 saturated carbocycles. The van der Waals surface area contributed by atoms with Crippen LogP contribution in [0.15, 0.2) is 4.99 Å². The van der Waals surface area contributed by atoms with Gasteiger partial charge >= 0.3 is 6.09 Å². The van der Waals surface area contributed by atoms with Crippen LogP contribution in [0.25, 0.3) is 0 Å². The Morgan fingerprint density at radius 3 is 2.29 bits per heavy atom. The molecule has 0 saturated heterocycles. The molecule has 0 fully saturated rings. The van der Waals surface area contributed by atoms with Gasteiger partial charge < -0.3 is 30.3 Å². The van der Waals surface area contributed by atoms with E-state index in [4.69, 9.17) is 9.47 Å². The van der Waals surface area contributed by atoms with Crippen molar-refractivity contribution in [2.24, 2.45) is 4.99 Å². The molecule has 0 rings (SSSR count). The van der Waals surface area contributed by atoms with Crippen molar-refractivity contribution in [1.29, 1.82) is 0 Å². The summed E-state index contributed by atoms with van der Waals surface area (Å²) in [5, 5.41) is 9.19. The topological polar surface area (TPSA) is 87.2 Å². The second kappa shape index (κ2) is 12.8. The highest BCUT2D eigenvalue weighted by atomic mass is 16.6. The van der Waals surface area contributed by atoms with Crippen LogP contribution in [0.2, 0.25) is 0 Å². The normalized spacial score (nSPS) is 12.2. The highest BCUT2D eigenvalue weighted by molar-refractivity contribution is 5.79. The minimum atomic E-state index is -0.468. The van der Waals surface area contributed by atoms with Gasteiger partial charge in [0.1, 0.15) is 5.60 Å². The maximum atomic E-state index is 11.5. The summed E-state index contributed by atoms with van der Waals surface area (Å²) in [4.78, 5) is 17.8. The van der Waals surface area contributed by atoms with Gasteiger partial charge in [-0.15, -0.1) is 0 Å². The van der Waals surface area contributed by atoms with Crippen LogP contribution < -0.4 is 16.0 Å². The average Bonchev–Trinajstić information content (AvgIpc) is 2.49. The standard InChI is InChI=1S/C16H35N5O3/c1-16(2,3)24-15(22)20-9-7-8-18-14(17-4)19-10-11-21(5)12-13-23-6/h7-13H2,1-6H3,(H,20,22)(H2,17,18,19). The maximum Gasteiger partial charge on any atom is 0.407 e. The summed E-state index contributed by atoms with van der Waals surface area (Å²) in [5.74, 6) is 0.757. The molecule has 0 unspecified atom stereocenters. The molecule has 0 radical (unpaired) electrons. The molecule has 0 bridgehead atoms. The van der Waals surface area contributed by atoms with Gasteiger partial charge in [0.05, 0.1) is 6.61 Å². The van der Waals surface area contributed by atoms with Crippen molar-refractivity contribution in [3.8, 4) is 0 Å². The van der Waals surface area contributed by atoms with Gasteiger partial charge in [0.15, 0.2) is 5.96 Å². The van der Waals surface area contributed by atoms with E-state index in [0.717, 1.165) is 45.2 Å². The van der Waals surface area contributed by atoms with Crippen LogP contribution in [0.1, 0.15) is 27.2 Å². The maximum absolute atomic E-state index is 11.5. The van der Waals surface area contributed by atoms with Crippen molar-refractivity contribution < 1.29 is 14.3 Å². The number of nitrogens with zero attached hydrogens (tertiary/aromatic N) is 2. The number of alkyl carbamates (subject to hydrolysis) is 1. The van der Waals surface area contributed by atoms with E-state index in [1.54, 1.807) is 14.2 Å². The highest BCUT2D eigenvalue weighted by Crippen LogP contribution is 2.06. The van der Waals surface area contributed by atoms with Crippen molar-refractivity contribution in [3.05, 3.63) is 0 Å². The van der Waals surface area contributed by atoms with Crippen molar-refractivity contribution in [2.45, 2.75) is 32.8 Å². The third-order valence-electron chi connectivity index (χ3n) is 3.00. The Bertz CT molecular complexity index is 369. The minimum Gasteiger partial charge on any atom is -0.444 e. The van der Waals surface area contributed by atoms with E-state index < -0.39 is 5.60 Å². The molecule has 8 nitrogen and oxygen atoms in total. The summed E-state index contributed by atoms with van der Waals surface area (Å²) in [6.45, 7) is 10.1. The lowest BCUT2D eigenvalue weighted by atomic mass is 10.2. The van der Waals surface area contributed by atoms with E-state index in [1.165, 1.54) is 0 Å². The monoisotopic (exact) mass is 345 g/mol. The summed E-state index contributed by atoms with van der Waals surface area (Å²) < 4.78 is 10.2. The number of aliphatic imine (C=N–C) groups is 1. The van der Waals surface area contributed by atoms with E-state index in [9.17, 15) is 4.79 Å². The summed E-state index contributed by atoms with van der Waals surface area (Å²) >= 11 is 0. The van der Waals surface area contributed by atoms with Gasteiger partial charge in [-0.1, -0.05) is 0 Å². The molecule has 0 spiro atoms. The van der Waals surface area contributed by atoms with Gasteiger partial charge in [-0.25, -0.2) is 4.79 Å². The second-order valence-electron chi connectivity index (χ2n) is 6.50. The molecule has 24 heavy (non-hydrogen) atoms. The van der Waals surface area contributed by atoms with E-state index in [1.807, 2.05) is 20.8 Å². The lowest BCUT2D eigenvalue weighted by Gasteiger charge is -2.20. The Kier molecular flexibility index (Phi) is 12.0. The van der Waals surface area contributed by atoms with E-state index >= 15 is 0 Å².